The minimum Gasteiger partial charge on any atom is -0.463 e. The third-order valence-corrected chi connectivity index (χ3v) is 3.69. The summed E-state index contributed by atoms with van der Waals surface area (Å²) in [7, 11) is 0. The number of nitrogens with zero attached hydrogens (tertiary/aromatic N) is 4. The predicted octanol–water partition coefficient (Wildman–Crippen LogP) is 1.87. The first kappa shape index (κ1) is 13.8. The maximum atomic E-state index is 5.75. The van der Waals surface area contributed by atoms with Gasteiger partial charge in [0, 0.05) is 12.6 Å². The fraction of sp³-hybridized carbons (Fsp3) is 0.769. The Hall–Kier alpha value is -1.59. The second kappa shape index (κ2) is 6.04. The Labute approximate surface area is 114 Å². The molecule has 1 aromatic heterocycles. The van der Waals surface area contributed by atoms with E-state index in [4.69, 9.17) is 10.5 Å². The van der Waals surface area contributed by atoms with E-state index in [2.05, 4.69) is 33.7 Å². The lowest BCUT2D eigenvalue weighted by atomic mass is 9.92. The van der Waals surface area contributed by atoms with Gasteiger partial charge >= 0.3 is 6.01 Å². The van der Waals surface area contributed by atoms with Crippen molar-refractivity contribution >= 4 is 11.9 Å². The average Bonchev–Trinajstić information content (AvgIpc) is 2.39. The van der Waals surface area contributed by atoms with E-state index < -0.39 is 0 Å². The van der Waals surface area contributed by atoms with Crippen LogP contribution in [0.1, 0.15) is 40.0 Å². The van der Waals surface area contributed by atoms with Gasteiger partial charge in [-0.3, -0.25) is 0 Å². The fourth-order valence-corrected chi connectivity index (χ4v) is 2.37. The zero-order chi connectivity index (χ0) is 13.8. The first-order chi connectivity index (χ1) is 9.11. The fourth-order valence-electron chi connectivity index (χ4n) is 2.37. The molecule has 1 aromatic rings. The van der Waals surface area contributed by atoms with Crippen molar-refractivity contribution in [2.24, 2.45) is 5.92 Å². The molecule has 0 bridgehead atoms. The summed E-state index contributed by atoms with van der Waals surface area (Å²) in [6.07, 6.45) is 3.32. The normalized spacial score (nSPS) is 23.4. The summed E-state index contributed by atoms with van der Waals surface area (Å²) in [6.45, 7) is 8.06. The van der Waals surface area contributed by atoms with Crippen LogP contribution in [0.5, 0.6) is 6.01 Å². The van der Waals surface area contributed by atoms with Gasteiger partial charge in [-0.15, -0.1) is 0 Å². The van der Waals surface area contributed by atoms with Gasteiger partial charge in [0.1, 0.15) is 0 Å². The van der Waals surface area contributed by atoms with Crippen molar-refractivity contribution in [1.82, 2.24) is 15.0 Å². The lowest BCUT2D eigenvalue weighted by molar-refractivity contribution is 0.290. The summed E-state index contributed by atoms with van der Waals surface area (Å²) in [5, 5.41) is 0. The van der Waals surface area contributed by atoms with Crippen LogP contribution in [0.25, 0.3) is 0 Å². The van der Waals surface area contributed by atoms with Gasteiger partial charge in [-0.2, -0.15) is 15.0 Å². The molecule has 2 N–H and O–H groups in total. The Morgan fingerprint density at radius 2 is 2.11 bits per heavy atom. The highest BCUT2D eigenvalue weighted by Gasteiger charge is 2.27. The van der Waals surface area contributed by atoms with Crippen molar-refractivity contribution in [2.75, 3.05) is 23.8 Å². The molecule has 0 aromatic carbocycles. The molecular weight excluding hydrogens is 242 g/mol. The van der Waals surface area contributed by atoms with E-state index in [0.717, 1.165) is 19.4 Å². The van der Waals surface area contributed by atoms with Crippen molar-refractivity contribution in [2.45, 2.75) is 46.1 Å². The summed E-state index contributed by atoms with van der Waals surface area (Å²) >= 11 is 0. The van der Waals surface area contributed by atoms with Crippen LogP contribution in [-0.4, -0.2) is 34.1 Å². The number of anilines is 2. The van der Waals surface area contributed by atoms with Gasteiger partial charge < -0.3 is 15.4 Å². The standard InChI is InChI=1S/C13H23N5O/c1-4-8-19-13-16-11(14)15-12(17-13)18-7-5-6-9(2)10(18)3/h9-10H,4-8H2,1-3H3,(H2,14,15,16,17). The molecule has 0 radical (unpaired) electrons. The van der Waals surface area contributed by atoms with Crippen LogP contribution in [0, 0.1) is 5.92 Å². The highest BCUT2D eigenvalue weighted by molar-refractivity contribution is 5.37. The number of piperidine rings is 1. The number of hydrogen-bond donors (Lipinski definition) is 1. The van der Waals surface area contributed by atoms with Gasteiger partial charge in [-0.05, 0) is 32.1 Å². The van der Waals surface area contributed by atoms with Crippen LogP contribution in [0.3, 0.4) is 0 Å². The van der Waals surface area contributed by atoms with Crippen LogP contribution in [0.2, 0.25) is 0 Å². The van der Waals surface area contributed by atoms with Crippen LogP contribution in [0.4, 0.5) is 11.9 Å². The molecule has 106 valence electrons. The van der Waals surface area contributed by atoms with Gasteiger partial charge in [-0.1, -0.05) is 13.8 Å². The number of hydrogen-bond acceptors (Lipinski definition) is 6. The molecule has 1 aliphatic rings. The first-order valence-electron chi connectivity index (χ1n) is 7.02. The van der Waals surface area contributed by atoms with Gasteiger partial charge in [0.15, 0.2) is 0 Å². The quantitative estimate of drug-likeness (QED) is 0.895. The van der Waals surface area contributed by atoms with Crippen LogP contribution in [-0.2, 0) is 0 Å². The number of nitrogens with two attached hydrogens (primary N) is 1. The van der Waals surface area contributed by atoms with Crippen LogP contribution in [0.15, 0.2) is 0 Å². The number of nitrogen functional groups attached to an aromatic ring is 1. The van der Waals surface area contributed by atoms with E-state index >= 15 is 0 Å². The van der Waals surface area contributed by atoms with E-state index in [0.29, 0.717) is 30.5 Å². The third kappa shape index (κ3) is 3.24. The van der Waals surface area contributed by atoms with Crippen molar-refractivity contribution < 1.29 is 4.74 Å². The molecule has 0 amide bonds. The Morgan fingerprint density at radius 3 is 2.84 bits per heavy atom. The minimum absolute atomic E-state index is 0.224. The lowest BCUT2D eigenvalue weighted by Crippen LogP contribution is -2.43. The summed E-state index contributed by atoms with van der Waals surface area (Å²) < 4.78 is 5.46. The Kier molecular flexibility index (Phi) is 4.39. The second-order valence-corrected chi connectivity index (χ2v) is 5.18. The maximum absolute atomic E-state index is 5.75. The van der Waals surface area contributed by atoms with Crippen molar-refractivity contribution in [3.8, 4) is 6.01 Å². The Balaban J connectivity index is 2.20. The molecule has 1 saturated heterocycles. The SMILES string of the molecule is CCCOc1nc(N)nc(N2CCCC(C)C2C)n1. The zero-order valence-corrected chi connectivity index (χ0v) is 12.0. The largest absolute Gasteiger partial charge is 0.463 e. The summed E-state index contributed by atoms with van der Waals surface area (Å²) in [6, 6.07) is 0.740. The van der Waals surface area contributed by atoms with Gasteiger partial charge in [0.25, 0.3) is 0 Å². The number of ether oxygens (including phenoxy) is 1. The van der Waals surface area contributed by atoms with E-state index in [1.165, 1.54) is 6.42 Å². The Morgan fingerprint density at radius 1 is 1.32 bits per heavy atom. The van der Waals surface area contributed by atoms with Gasteiger partial charge in [-0.25, -0.2) is 0 Å². The highest BCUT2D eigenvalue weighted by atomic mass is 16.5. The molecule has 2 atom stereocenters. The number of aromatic nitrogens is 3. The Bertz CT molecular complexity index is 425. The second-order valence-electron chi connectivity index (χ2n) is 5.18. The number of rotatable bonds is 4. The lowest BCUT2D eigenvalue weighted by Gasteiger charge is -2.37. The summed E-state index contributed by atoms with van der Waals surface area (Å²) in [4.78, 5) is 14.8. The van der Waals surface area contributed by atoms with E-state index in [1.807, 2.05) is 6.92 Å². The molecule has 6 heteroatoms. The van der Waals surface area contributed by atoms with E-state index in [-0.39, 0.29) is 5.95 Å². The molecule has 0 spiro atoms. The molecule has 2 rings (SSSR count). The summed E-state index contributed by atoms with van der Waals surface area (Å²) in [5.74, 6) is 1.49. The molecule has 1 aliphatic heterocycles. The maximum Gasteiger partial charge on any atom is 0.323 e. The van der Waals surface area contributed by atoms with Crippen LogP contribution >= 0.6 is 0 Å². The molecule has 0 aliphatic carbocycles. The van der Waals surface area contributed by atoms with E-state index in [9.17, 15) is 0 Å². The monoisotopic (exact) mass is 265 g/mol. The average molecular weight is 265 g/mol. The van der Waals surface area contributed by atoms with Gasteiger partial charge in [0.2, 0.25) is 11.9 Å². The first-order valence-corrected chi connectivity index (χ1v) is 7.02. The molecule has 0 saturated carbocycles. The van der Waals surface area contributed by atoms with Gasteiger partial charge in [0.05, 0.1) is 6.61 Å². The molecule has 1 fully saturated rings. The van der Waals surface area contributed by atoms with Crippen molar-refractivity contribution in [1.29, 1.82) is 0 Å². The molecule has 2 unspecified atom stereocenters. The topological polar surface area (TPSA) is 77.2 Å². The molecule has 19 heavy (non-hydrogen) atoms. The zero-order valence-electron chi connectivity index (χ0n) is 12.0. The minimum atomic E-state index is 0.224. The molecular formula is C13H23N5O. The molecule has 6 nitrogen and oxygen atoms in total. The van der Waals surface area contributed by atoms with Crippen molar-refractivity contribution in [3.63, 3.8) is 0 Å². The summed E-state index contributed by atoms with van der Waals surface area (Å²) in [5.41, 5.74) is 5.75. The third-order valence-electron chi connectivity index (χ3n) is 3.69. The predicted molar refractivity (Wildman–Crippen MR) is 75.2 cm³/mol. The van der Waals surface area contributed by atoms with Crippen LogP contribution < -0.4 is 15.4 Å². The van der Waals surface area contributed by atoms with Crippen molar-refractivity contribution in [3.05, 3.63) is 0 Å². The smallest absolute Gasteiger partial charge is 0.323 e. The highest BCUT2D eigenvalue weighted by Crippen LogP contribution is 2.27. The van der Waals surface area contributed by atoms with E-state index in [1.54, 1.807) is 0 Å². The molecule has 2 heterocycles.